The molecule has 0 amide bonds. The minimum Gasteiger partial charge on any atom is -0.491 e. The lowest BCUT2D eigenvalue weighted by Crippen LogP contribution is -2.33. The Kier molecular flexibility index (Phi) is 9.80. The number of hydrogen-bond acceptors (Lipinski definition) is 7. The molecule has 1 atom stereocenters. The first kappa shape index (κ1) is 31.4. The predicted octanol–water partition coefficient (Wildman–Crippen LogP) is 7.18. The average molecular weight is 633 g/mol. The number of halogens is 4. The van der Waals surface area contributed by atoms with Gasteiger partial charge in [0, 0.05) is 25.3 Å². The van der Waals surface area contributed by atoms with Gasteiger partial charge in [0.15, 0.2) is 0 Å². The van der Waals surface area contributed by atoms with Crippen LogP contribution in [-0.2, 0) is 13.0 Å². The SMILES string of the molecule is O=[N+]([O-])c1cn(CCC(O)COc2ccc3cc(N4CCC(CCc5ccc(OC(F)(F)F)cc5)CC4)ccc3c2)c(Cl)n1. The summed E-state index contributed by atoms with van der Waals surface area (Å²) in [5, 5.41) is 23.3. The van der Waals surface area contributed by atoms with Crippen LogP contribution in [0.3, 0.4) is 0 Å². The van der Waals surface area contributed by atoms with E-state index in [1.807, 2.05) is 18.2 Å². The maximum Gasteiger partial charge on any atom is 0.573 e. The van der Waals surface area contributed by atoms with Gasteiger partial charge in [-0.05, 0) is 112 Å². The number of nitrogens with zero attached hydrogens (tertiary/aromatic N) is 4. The lowest BCUT2D eigenvalue weighted by molar-refractivity contribution is -0.389. The Balaban J connectivity index is 1.07. The molecule has 1 fully saturated rings. The molecule has 1 aliphatic rings. The van der Waals surface area contributed by atoms with Crippen LogP contribution in [-0.4, -0.2) is 51.7 Å². The van der Waals surface area contributed by atoms with Crippen LogP contribution in [0.25, 0.3) is 10.8 Å². The minimum absolute atomic E-state index is 0.00578. The van der Waals surface area contributed by atoms with Crippen molar-refractivity contribution >= 4 is 33.9 Å². The van der Waals surface area contributed by atoms with Crippen molar-refractivity contribution in [1.29, 1.82) is 0 Å². The average Bonchev–Trinajstić information content (AvgIpc) is 3.38. The number of aliphatic hydroxyl groups is 1. The van der Waals surface area contributed by atoms with E-state index in [2.05, 4.69) is 32.8 Å². The van der Waals surface area contributed by atoms with Crippen LogP contribution in [0, 0.1) is 16.0 Å². The third-order valence-corrected chi connectivity index (χ3v) is 8.12. The summed E-state index contributed by atoms with van der Waals surface area (Å²) in [6, 6.07) is 18.2. The first-order valence-electron chi connectivity index (χ1n) is 14.3. The number of benzene rings is 3. The standard InChI is InChI=1S/C31H32ClF3N4O5/c32-30-36-29(39(41)42)19-38(30)16-13-26(40)20-43-28-10-6-23-17-25(7-5-24(23)18-28)37-14-11-22(12-15-37)2-1-21-3-8-27(9-4-21)44-31(33,34)35/h3-10,17-19,22,26,40H,1-2,11-16,20H2. The van der Waals surface area contributed by atoms with Gasteiger partial charge in [-0.3, -0.25) is 4.57 Å². The van der Waals surface area contributed by atoms with Gasteiger partial charge in [-0.2, -0.15) is 0 Å². The second-order valence-corrected chi connectivity index (χ2v) is 11.3. The molecule has 4 aromatic rings. The van der Waals surface area contributed by atoms with E-state index in [4.69, 9.17) is 16.3 Å². The Morgan fingerprint density at radius 3 is 2.41 bits per heavy atom. The Morgan fingerprint density at radius 1 is 1.05 bits per heavy atom. The molecule has 44 heavy (non-hydrogen) atoms. The Bertz CT molecular complexity index is 1570. The van der Waals surface area contributed by atoms with Gasteiger partial charge in [0.05, 0.1) is 6.10 Å². The van der Waals surface area contributed by atoms with Crippen LogP contribution < -0.4 is 14.4 Å². The third-order valence-electron chi connectivity index (χ3n) is 7.82. The van der Waals surface area contributed by atoms with Crippen LogP contribution in [0.4, 0.5) is 24.7 Å². The number of aliphatic hydroxyl groups excluding tert-OH is 1. The zero-order valence-corrected chi connectivity index (χ0v) is 24.5. The van der Waals surface area contributed by atoms with E-state index < -0.39 is 17.4 Å². The first-order chi connectivity index (χ1) is 21.0. The fourth-order valence-electron chi connectivity index (χ4n) is 5.40. The molecule has 0 saturated carbocycles. The molecule has 1 unspecified atom stereocenters. The molecular weight excluding hydrogens is 601 g/mol. The van der Waals surface area contributed by atoms with Crippen LogP contribution in [0.1, 0.15) is 31.2 Å². The summed E-state index contributed by atoms with van der Waals surface area (Å²) in [4.78, 5) is 16.3. The lowest BCUT2D eigenvalue weighted by Gasteiger charge is -2.34. The van der Waals surface area contributed by atoms with Gasteiger partial charge < -0.3 is 29.6 Å². The molecule has 5 rings (SSSR count). The van der Waals surface area contributed by atoms with Gasteiger partial charge in [-0.1, -0.05) is 24.3 Å². The van der Waals surface area contributed by atoms with E-state index in [-0.39, 0.29) is 36.4 Å². The number of imidazole rings is 1. The van der Waals surface area contributed by atoms with E-state index in [1.165, 1.54) is 22.9 Å². The topological polar surface area (TPSA) is 103 Å². The highest BCUT2D eigenvalue weighted by Gasteiger charge is 2.31. The molecule has 9 nitrogen and oxygen atoms in total. The fraction of sp³-hybridized carbons (Fsp3) is 0.387. The first-order valence-corrected chi connectivity index (χ1v) is 14.7. The normalized spacial score (nSPS) is 15.0. The summed E-state index contributed by atoms with van der Waals surface area (Å²) in [5.74, 6) is 0.648. The van der Waals surface area contributed by atoms with Crippen LogP contribution >= 0.6 is 11.6 Å². The van der Waals surface area contributed by atoms with Crippen molar-refractivity contribution < 1.29 is 32.7 Å². The lowest BCUT2D eigenvalue weighted by atomic mass is 9.90. The minimum atomic E-state index is -4.68. The highest BCUT2D eigenvalue weighted by molar-refractivity contribution is 6.28. The number of alkyl halides is 3. The molecule has 3 aromatic carbocycles. The second kappa shape index (κ2) is 13.7. The maximum atomic E-state index is 12.4. The molecule has 1 N–H and O–H groups in total. The van der Waals surface area contributed by atoms with Gasteiger partial charge in [0.1, 0.15) is 24.3 Å². The monoisotopic (exact) mass is 632 g/mol. The Hall–Kier alpha value is -4.03. The molecule has 234 valence electrons. The van der Waals surface area contributed by atoms with Gasteiger partial charge >= 0.3 is 17.5 Å². The number of hydrogen-bond donors (Lipinski definition) is 1. The largest absolute Gasteiger partial charge is 0.573 e. The molecule has 0 radical (unpaired) electrons. The van der Waals surface area contributed by atoms with E-state index >= 15 is 0 Å². The molecule has 1 saturated heterocycles. The van der Waals surface area contributed by atoms with Crippen LogP contribution in [0.15, 0.2) is 66.9 Å². The summed E-state index contributed by atoms with van der Waals surface area (Å²) in [7, 11) is 0. The quantitative estimate of drug-likeness (QED) is 0.130. The van der Waals surface area contributed by atoms with Crippen molar-refractivity contribution in [3.8, 4) is 11.5 Å². The van der Waals surface area contributed by atoms with Gasteiger partial charge in [-0.25, -0.2) is 0 Å². The van der Waals surface area contributed by atoms with Crippen LogP contribution in [0.5, 0.6) is 11.5 Å². The number of rotatable bonds is 12. The smallest absolute Gasteiger partial charge is 0.491 e. The predicted molar refractivity (Wildman–Crippen MR) is 160 cm³/mol. The Labute approximate surface area is 256 Å². The molecule has 0 bridgehead atoms. The summed E-state index contributed by atoms with van der Waals surface area (Å²) in [6.45, 7) is 2.20. The van der Waals surface area contributed by atoms with Crippen molar-refractivity contribution in [3.05, 3.63) is 87.8 Å². The van der Waals surface area contributed by atoms with E-state index in [1.54, 1.807) is 12.1 Å². The summed E-state index contributed by atoms with van der Waals surface area (Å²) in [6.07, 6.45) is -0.0540. The molecule has 1 aromatic heterocycles. The van der Waals surface area contributed by atoms with Gasteiger partial charge in [0.25, 0.3) is 0 Å². The summed E-state index contributed by atoms with van der Waals surface area (Å²) < 4.78 is 48.3. The summed E-state index contributed by atoms with van der Waals surface area (Å²) in [5.41, 5.74) is 2.15. The number of nitro groups is 1. The molecule has 13 heteroatoms. The third kappa shape index (κ3) is 8.54. The molecule has 2 heterocycles. The highest BCUT2D eigenvalue weighted by atomic mass is 35.5. The molecule has 1 aliphatic heterocycles. The van der Waals surface area contributed by atoms with Crippen molar-refractivity contribution in [2.24, 2.45) is 5.92 Å². The second-order valence-electron chi connectivity index (χ2n) is 10.9. The number of aromatic nitrogens is 2. The molecule has 0 spiro atoms. The van der Waals surface area contributed by atoms with Crippen LogP contribution in [0.2, 0.25) is 5.28 Å². The van der Waals surface area contributed by atoms with Gasteiger partial charge in [0.2, 0.25) is 0 Å². The van der Waals surface area contributed by atoms with Crippen molar-refractivity contribution in [2.75, 3.05) is 24.6 Å². The van der Waals surface area contributed by atoms with E-state index in [9.17, 15) is 28.4 Å². The van der Waals surface area contributed by atoms with Crippen molar-refractivity contribution in [2.45, 2.75) is 51.1 Å². The Morgan fingerprint density at radius 2 is 1.73 bits per heavy atom. The van der Waals surface area contributed by atoms with Crippen molar-refractivity contribution in [1.82, 2.24) is 9.55 Å². The number of fused-ring (bicyclic) bond motifs is 1. The number of anilines is 1. The number of piperidine rings is 1. The summed E-state index contributed by atoms with van der Waals surface area (Å²) >= 11 is 5.92. The molecular formula is C31H32ClF3N4O5. The van der Waals surface area contributed by atoms with Crippen molar-refractivity contribution in [3.63, 3.8) is 0 Å². The number of ether oxygens (including phenoxy) is 2. The zero-order valence-electron chi connectivity index (χ0n) is 23.8. The highest BCUT2D eigenvalue weighted by Crippen LogP contribution is 2.31. The fourth-order valence-corrected chi connectivity index (χ4v) is 5.61. The maximum absolute atomic E-state index is 12.4. The number of aryl methyl sites for hydroxylation is 2. The zero-order chi connectivity index (χ0) is 31.3. The van der Waals surface area contributed by atoms with E-state index in [0.29, 0.717) is 11.7 Å². The van der Waals surface area contributed by atoms with Gasteiger partial charge in [-0.15, -0.1) is 13.2 Å². The van der Waals surface area contributed by atoms with E-state index in [0.717, 1.165) is 60.8 Å². The molecule has 0 aliphatic carbocycles.